The lowest BCUT2D eigenvalue weighted by Crippen LogP contribution is -2.71. The molecule has 5 nitrogen and oxygen atoms in total. The average Bonchev–Trinajstić information content (AvgIpc) is 4.00. The molecule has 0 amide bonds. The van der Waals surface area contributed by atoms with Crippen molar-refractivity contribution in [2.75, 3.05) is 0 Å². The van der Waals surface area contributed by atoms with E-state index in [2.05, 4.69) is 193 Å². The molecule has 284 valence electrons. The summed E-state index contributed by atoms with van der Waals surface area (Å²) in [5.74, 6) is 0. The van der Waals surface area contributed by atoms with Crippen LogP contribution in [0.2, 0.25) is 0 Å². The molecule has 0 saturated heterocycles. The van der Waals surface area contributed by atoms with Crippen LogP contribution in [-0.2, 0) is 0 Å². The lowest BCUT2D eigenvalue weighted by Gasteiger charge is -2.29. The second-order valence-corrected chi connectivity index (χ2v) is 20.2. The predicted molar refractivity (Wildman–Crippen MR) is 252 cm³/mol. The SMILES string of the molecule is Cc1ccc2c(c1)c1ccccc1n2-c1cc(-c2cccc3c2[Si]2(c4ccccc4-3)c3cccnc3-c3ncccc32)cc(-n2c3ccccc3c3cc(C)ccc32)c1C#N. The van der Waals surface area contributed by atoms with Crippen molar-refractivity contribution in [3.05, 3.63) is 193 Å². The van der Waals surface area contributed by atoms with E-state index in [1.165, 1.54) is 53.8 Å². The number of aromatic nitrogens is 4. The van der Waals surface area contributed by atoms with Crippen LogP contribution < -0.4 is 20.7 Å². The Hall–Kier alpha value is -7.85. The molecule has 0 saturated carbocycles. The maximum atomic E-state index is 11.6. The molecular weight excluding hydrogens is 759 g/mol. The minimum atomic E-state index is -2.96. The molecule has 61 heavy (non-hydrogen) atoms. The van der Waals surface area contributed by atoms with E-state index in [1.54, 1.807) is 0 Å². The highest BCUT2D eigenvalue weighted by Crippen LogP contribution is 2.43. The third-order valence-electron chi connectivity index (χ3n) is 13.4. The summed E-state index contributed by atoms with van der Waals surface area (Å²) in [7, 11) is -2.96. The topological polar surface area (TPSA) is 59.4 Å². The van der Waals surface area contributed by atoms with Crippen molar-refractivity contribution < 1.29 is 0 Å². The van der Waals surface area contributed by atoms with Gasteiger partial charge < -0.3 is 9.13 Å². The number of para-hydroxylation sites is 2. The van der Waals surface area contributed by atoms with Crippen LogP contribution in [0.15, 0.2) is 176 Å². The molecule has 0 aliphatic carbocycles. The van der Waals surface area contributed by atoms with Crippen molar-refractivity contribution in [1.29, 1.82) is 5.26 Å². The van der Waals surface area contributed by atoms with Crippen LogP contribution >= 0.6 is 0 Å². The van der Waals surface area contributed by atoms with Crippen LogP contribution in [0.25, 0.3) is 88.6 Å². The zero-order valence-corrected chi connectivity index (χ0v) is 34.5. The van der Waals surface area contributed by atoms with Crippen molar-refractivity contribution in [3.8, 4) is 51.1 Å². The zero-order valence-electron chi connectivity index (χ0n) is 33.5. The van der Waals surface area contributed by atoms with Crippen LogP contribution in [0.4, 0.5) is 0 Å². The first kappa shape index (κ1) is 34.1. The third-order valence-corrected chi connectivity index (χ3v) is 18.3. The molecule has 7 aromatic carbocycles. The van der Waals surface area contributed by atoms with Crippen molar-refractivity contribution in [1.82, 2.24) is 19.1 Å². The van der Waals surface area contributed by atoms with Crippen LogP contribution in [0.3, 0.4) is 0 Å². The van der Waals surface area contributed by atoms with Gasteiger partial charge in [-0.1, -0.05) is 114 Å². The molecule has 2 aliphatic rings. The van der Waals surface area contributed by atoms with Gasteiger partial charge in [0.1, 0.15) is 11.6 Å². The predicted octanol–water partition coefficient (Wildman–Crippen LogP) is 10.2. The van der Waals surface area contributed by atoms with Gasteiger partial charge in [0.2, 0.25) is 0 Å². The standard InChI is InChI=1S/C55H35N5Si/c1-33-22-24-46-41(28-33)37-12-3-6-17-44(37)59(46)48-30-35(31-49(43(48)32-56)60-45-18-7-4-13-38(45)42-29-34(2)23-25-47(42)60)36-15-9-16-40-39-14-5-8-19-50(39)61(55(36)40)51-20-10-26-57-53(51)54-52(61)21-11-27-58-54/h3-31H,1-2H3. The van der Waals surface area contributed by atoms with Gasteiger partial charge in [0.05, 0.1) is 44.8 Å². The van der Waals surface area contributed by atoms with Crippen LogP contribution in [0.1, 0.15) is 16.7 Å². The third kappa shape index (κ3) is 4.37. The summed E-state index contributed by atoms with van der Waals surface area (Å²) in [4.78, 5) is 10.1. The Morgan fingerprint density at radius 2 is 0.951 bits per heavy atom. The molecule has 4 aromatic heterocycles. The van der Waals surface area contributed by atoms with Gasteiger partial charge in [0.15, 0.2) is 8.07 Å². The van der Waals surface area contributed by atoms with E-state index in [1.807, 2.05) is 12.4 Å². The summed E-state index contributed by atoms with van der Waals surface area (Å²) < 4.78 is 4.65. The van der Waals surface area contributed by atoms with Crippen molar-refractivity contribution in [2.24, 2.45) is 0 Å². The first-order valence-electron chi connectivity index (χ1n) is 20.8. The van der Waals surface area contributed by atoms with Crippen LogP contribution in [0.5, 0.6) is 0 Å². The first-order chi connectivity index (χ1) is 30.1. The van der Waals surface area contributed by atoms with E-state index in [9.17, 15) is 5.26 Å². The maximum Gasteiger partial charge on any atom is 0.186 e. The first-order valence-corrected chi connectivity index (χ1v) is 22.8. The second-order valence-electron chi connectivity index (χ2n) is 16.6. The van der Waals surface area contributed by atoms with Crippen LogP contribution in [-0.4, -0.2) is 27.2 Å². The summed E-state index contributed by atoms with van der Waals surface area (Å²) in [5.41, 5.74) is 15.6. The van der Waals surface area contributed by atoms with Gasteiger partial charge >= 0.3 is 0 Å². The van der Waals surface area contributed by atoms with Crippen molar-refractivity contribution in [3.63, 3.8) is 0 Å². The Morgan fingerprint density at radius 1 is 0.459 bits per heavy atom. The summed E-state index contributed by atoms with van der Waals surface area (Å²) in [6.07, 6.45) is 3.80. The summed E-state index contributed by atoms with van der Waals surface area (Å²) in [6.45, 7) is 4.29. The Kier molecular flexibility index (Phi) is 6.89. The number of rotatable bonds is 3. The zero-order chi connectivity index (χ0) is 40.6. The Morgan fingerprint density at radius 3 is 1.54 bits per heavy atom. The Balaban J connectivity index is 1.22. The monoisotopic (exact) mass is 793 g/mol. The molecule has 11 aromatic rings. The van der Waals surface area contributed by atoms with Gasteiger partial charge in [-0.05, 0) is 118 Å². The molecule has 0 fully saturated rings. The van der Waals surface area contributed by atoms with E-state index in [-0.39, 0.29) is 0 Å². The average molecular weight is 794 g/mol. The molecule has 6 heteroatoms. The van der Waals surface area contributed by atoms with Gasteiger partial charge in [0.25, 0.3) is 0 Å². The number of hydrogen-bond donors (Lipinski definition) is 0. The number of aryl methyl sites for hydroxylation is 2. The Bertz CT molecular complexity index is 3560. The summed E-state index contributed by atoms with van der Waals surface area (Å²) >= 11 is 0. The number of nitriles is 1. The molecule has 0 N–H and O–H groups in total. The highest BCUT2D eigenvalue weighted by Gasteiger charge is 2.56. The second kappa shape index (κ2) is 12.3. The van der Waals surface area contributed by atoms with E-state index in [4.69, 9.17) is 9.97 Å². The van der Waals surface area contributed by atoms with E-state index in [0.717, 1.165) is 66.7 Å². The molecule has 6 heterocycles. The summed E-state index contributed by atoms with van der Waals surface area (Å²) in [6, 6.07) is 62.5. The maximum absolute atomic E-state index is 11.6. The quantitative estimate of drug-likeness (QED) is 0.167. The fraction of sp³-hybridized carbons (Fsp3) is 0.0364. The fourth-order valence-electron chi connectivity index (χ4n) is 11.0. The normalized spacial score (nSPS) is 13.2. The largest absolute Gasteiger partial charge is 0.308 e. The molecular formula is C55H35N5Si. The minimum Gasteiger partial charge on any atom is -0.308 e. The number of nitrogens with zero attached hydrogens (tertiary/aromatic N) is 5. The molecule has 2 aliphatic heterocycles. The number of pyridine rings is 2. The van der Waals surface area contributed by atoms with Gasteiger partial charge in [0, 0.05) is 33.9 Å². The fourth-order valence-corrected chi connectivity index (χ4v) is 16.7. The van der Waals surface area contributed by atoms with E-state index < -0.39 is 8.07 Å². The van der Waals surface area contributed by atoms with E-state index >= 15 is 0 Å². The minimum absolute atomic E-state index is 0.614. The molecule has 0 atom stereocenters. The number of fused-ring (bicyclic) bond motifs is 16. The van der Waals surface area contributed by atoms with Crippen molar-refractivity contribution >= 4 is 72.4 Å². The highest BCUT2D eigenvalue weighted by molar-refractivity contribution is 7.24. The van der Waals surface area contributed by atoms with Gasteiger partial charge in [-0.3, -0.25) is 9.97 Å². The van der Waals surface area contributed by atoms with Gasteiger partial charge in [-0.15, -0.1) is 0 Å². The number of hydrogen-bond acceptors (Lipinski definition) is 3. The smallest absolute Gasteiger partial charge is 0.186 e. The lowest BCUT2D eigenvalue weighted by atomic mass is 9.96. The lowest BCUT2D eigenvalue weighted by molar-refractivity contribution is 1.12. The van der Waals surface area contributed by atoms with Crippen LogP contribution in [0, 0.1) is 25.2 Å². The molecule has 1 spiro atoms. The number of benzene rings is 7. The van der Waals surface area contributed by atoms with E-state index in [0.29, 0.717) is 5.56 Å². The highest BCUT2D eigenvalue weighted by atomic mass is 28.3. The Labute approximate surface area is 353 Å². The van der Waals surface area contributed by atoms with Gasteiger partial charge in [-0.25, -0.2) is 0 Å². The molecule has 0 bridgehead atoms. The van der Waals surface area contributed by atoms with Gasteiger partial charge in [-0.2, -0.15) is 5.26 Å². The van der Waals surface area contributed by atoms with Crippen molar-refractivity contribution in [2.45, 2.75) is 13.8 Å². The molecule has 0 unspecified atom stereocenters. The molecule has 13 rings (SSSR count). The summed E-state index contributed by atoms with van der Waals surface area (Å²) in [5, 5.41) is 21.5. The molecule has 0 radical (unpaired) electrons.